The van der Waals surface area contributed by atoms with Crippen LogP contribution < -0.4 is 0 Å². The van der Waals surface area contributed by atoms with E-state index in [1.807, 2.05) is 12.1 Å². The van der Waals surface area contributed by atoms with Gasteiger partial charge in [0.15, 0.2) is 0 Å². The monoisotopic (exact) mass is 284 g/mol. The second kappa shape index (κ2) is 6.69. The van der Waals surface area contributed by atoms with Crippen LogP contribution in [0, 0.1) is 0 Å². The van der Waals surface area contributed by atoms with Crippen LogP contribution in [0.15, 0.2) is 24.3 Å². The molecule has 0 radical (unpaired) electrons. The summed E-state index contributed by atoms with van der Waals surface area (Å²) >= 11 is 3.48. The van der Waals surface area contributed by atoms with Crippen LogP contribution in [0.4, 0.5) is 0 Å². The Hall–Kier alpha value is -0.830. The summed E-state index contributed by atoms with van der Waals surface area (Å²) in [7, 11) is 0. The smallest absolute Gasteiger partial charge is 0.338 e. The lowest BCUT2D eigenvalue weighted by molar-refractivity contribution is 0.0500. The molecule has 0 fully saturated rings. The van der Waals surface area contributed by atoms with E-state index in [0.717, 1.165) is 18.4 Å². The molecule has 0 aliphatic rings. The highest BCUT2D eigenvalue weighted by Crippen LogP contribution is 2.21. The van der Waals surface area contributed by atoms with Gasteiger partial charge in [0.2, 0.25) is 0 Å². The Labute approximate surface area is 105 Å². The molecule has 0 amide bonds. The van der Waals surface area contributed by atoms with E-state index in [1.54, 1.807) is 12.1 Å². The highest BCUT2D eigenvalue weighted by molar-refractivity contribution is 9.09. The number of esters is 1. The number of hydrogen-bond acceptors (Lipinski definition) is 2. The standard InChI is InChI=1S/C13H17BrO2/c1-3-4-9-16-13(15)12-7-5-11(6-8-12)10(2)14/h5-8,10H,3-4,9H2,1-2H3. The predicted molar refractivity (Wildman–Crippen MR) is 69.0 cm³/mol. The molecule has 16 heavy (non-hydrogen) atoms. The average Bonchev–Trinajstić information content (AvgIpc) is 2.29. The van der Waals surface area contributed by atoms with Crippen molar-refractivity contribution in [1.29, 1.82) is 0 Å². The third-order valence-corrected chi connectivity index (χ3v) is 2.87. The molecule has 0 bridgehead atoms. The van der Waals surface area contributed by atoms with Crippen molar-refractivity contribution in [1.82, 2.24) is 0 Å². The van der Waals surface area contributed by atoms with Crippen molar-refractivity contribution in [2.45, 2.75) is 31.5 Å². The highest BCUT2D eigenvalue weighted by Gasteiger charge is 2.07. The third-order valence-electron chi connectivity index (χ3n) is 2.34. The Morgan fingerprint density at radius 2 is 2.00 bits per heavy atom. The van der Waals surface area contributed by atoms with Crippen molar-refractivity contribution >= 4 is 21.9 Å². The Kier molecular flexibility index (Phi) is 5.53. The van der Waals surface area contributed by atoms with Gasteiger partial charge in [-0.1, -0.05) is 41.4 Å². The van der Waals surface area contributed by atoms with Crippen LogP contribution in [0.5, 0.6) is 0 Å². The molecule has 1 atom stereocenters. The van der Waals surface area contributed by atoms with Gasteiger partial charge >= 0.3 is 5.97 Å². The molecule has 0 aromatic heterocycles. The maximum Gasteiger partial charge on any atom is 0.338 e. The van der Waals surface area contributed by atoms with Gasteiger partial charge in [0.05, 0.1) is 12.2 Å². The Balaban J connectivity index is 2.56. The van der Waals surface area contributed by atoms with E-state index in [0.29, 0.717) is 17.0 Å². The summed E-state index contributed by atoms with van der Waals surface area (Å²) < 4.78 is 5.12. The molecule has 0 saturated heterocycles. The second-order valence-electron chi connectivity index (χ2n) is 3.73. The lowest BCUT2D eigenvalue weighted by Gasteiger charge is -2.06. The number of halogens is 1. The van der Waals surface area contributed by atoms with Crippen molar-refractivity contribution in [3.05, 3.63) is 35.4 Å². The van der Waals surface area contributed by atoms with E-state index in [9.17, 15) is 4.79 Å². The Morgan fingerprint density at radius 3 is 2.50 bits per heavy atom. The fraction of sp³-hybridized carbons (Fsp3) is 0.462. The summed E-state index contributed by atoms with van der Waals surface area (Å²) in [5.74, 6) is -0.234. The van der Waals surface area contributed by atoms with Crippen LogP contribution in [0.2, 0.25) is 0 Å². The first-order chi connectivity index (χ1) is 7.65. The van der Waals surface area contributed by atoms with Gasteiger partial charge in [-0.05, 0) is 31.0 Å². The molecule has 1 aromatic carbocycles. The third kappa shape index (κ3) is 3.97. The predicted octanol–water partition coefficient (Wildman–Crippen LogP) is 4.10. The van der Waals surface area contributed by atoms with E-state index in [1.165, 1.54) is 0 Å². The molecule has 0 heterocycles. The van der Waals surface area contributed by atoms with Gasteiger partial charge in [-0.25, -0.2) is 4.79 Å². The van der Waals surface area contributed by atoms with Crippen molar-refractivity contribution in [3.63, 3.8) is 0 Å². The van der Waals surface area contributed by atoms with Crippen molar-refractivity contribution in [2.24, 2.45) is 0 Å². The molecule has 1 unspecified atom stereocenters. The van der Waals surface area contributed by atoms with Crippen molar-refractivity contribution in [2.75, 3.05) is 6.61 Å². The van der Waals surface area contributed by atoms with E-state index in [2.05, 4.69) is 29.8 Å². The Morgan fingerprint density at radius 1 is 1.38 bits per heavy atom. The van der Waals surface area contributed by atoms with E-state index in [4.69, 9.17) is 4.74 Å². The number of hydrogen-bond donors (Lipinski definition) is 0. The van der Waals surface area contributed by atoms with Gasteiger partial charge in [0.1, 0.15) is 0 Å². The maximum atomic E-state index is 11.6. The zero-order valence-electron chi connectivity index (χ0n) is 9.70. The minimum Gasteiger partial charge on any atom is -0.462 e. The first-order valence-electron chi connectivity index (χ1n) is 5.56. The van der Waals surface area contributed by atoms with Gasteiger partial charge in [-0.15, -0.1) is 0 Å². The number of carbonyl (C=O) groups is 1. The van der Waals surface area contributed by atoms with Crippen LogP contribution in [-0.4, -0.2) is 12.6 Å². The first-order valence-corrected chi connectivity index (χ1v) is 6.48. The fourth-order valence-corrected chi connectivity index (χ4v) is 1.58. The topological polar surface area (TPSA) is 26.3 Å². The SMILES string of the molecule is CCCCOC(=O)c1ccc(C(C)Br)cc1. The quantitative estimate of drug-likeness (QED) is 0.462. The van der Waals surface area contributed by atoms with Crippen LogP contribution >= 0.6 is 15.9 Å². The number of rotatable bonds is 5. The summed E-state index contributed by atoms with van der Waals surface area (Å²) in [6, 6.07) is 7.49. The summed E-state index contributed by atoms with van der Waals surface area (Å²) in [6.45, 7) is 4.63. The molecule has 3 heteroatoms. The van der Waals surface area contributed by atoms with Crippen molar-refractivity contribution in [3.8, 4) is 0 Å². The highest BCUT2D eigenvalue weighted by atomic mass is 79.9. The minimum atomic E-state index is -0.234. The van der Waals surface area contributed by atoms with Crippen LogP contribution in [0.1, 0.15) is 47.4 Å². The molecule has 1 aromatic rings. The normalized spacial score (nSPS) is 12.2. The van der Waals surface area contributed by atoms with E-state index in [-0.39, 0.29) is 5.97 Å². The zero-order valence-corrected chi connectivity index (χ0v) is 11.3. The molecule has 2 nitrogen and oxygen atoms in total. The number of ether oxygens (including phenoxy) is 1. The van der Waals surface area contributed by atoms with Gasteiger partial charge in [-0.3, -0.25) is 0 Å². The summed E-state index contributed by atoms with van der Waals surface area (Å²) in [5, 5.41) is 0. The lowest BCUT2D eigenvalue weighted by atomic mass is 10.1. The molecule has 88 valence electrons. The minimum absolute atomic E-state index is 0.234. The Bertz CT molecular complexity index is 330. The number of carbonyl (C=O) groups excluding carboxylic acids is 1. The fourth-order valence-electron chi connectivity index (χ4n) is 1.28. The first kappa shape index (κ1) is 13.2. The number of alkyl halides is 1. The maximum absolute atomic E-state index is 11.6. The van der Waals surface area contributed by atoms with E-state index >= 15 is 0 Å². The second-order valence-corrected chi connectivity index (χ2v) is 5.10. The largest absolute Gasteiger partial charge is 0.462 e. The summed E-state index contributed by atoms with van der Waals surface area (Å²) in [6.07, 6.45) is 1.95. The van der Waals surface area contributed by atoms with Crippen LogP contribution in [-0.2, 0) is 4.74 Å². The van der Waals surface area contributed by atoms with Crippen molar-refractivity contribution < 1.29 is 9.53 Å². The molecule has 0 spiro atoms. The number of benzene rings is 1. The van der Waals surface area contributed by atoms with Gasteiger partial charge in [0.25, 0.3) is 0 Å². The zero-order chi connectivity index (χ0) is 12.0. The van der Waals surface area contributed by atoms with Gasteiger partial charge < -0.3 is 4.74 Å². The molecular formula is C13H17BrO2. The van der Waals surface area contributed by atoms with Crippen LogP contribution in [0.25, 0.3) is 0 Å². The summed E-state index contributed by atoms with van der Waals surface area (Å²) in [5.41, 5.74) is 1.78. The van der Waals surface area contributed by atoms with Gasteiger partial charge in [0, 0.05) is 4.83 Å². The van der Waals surface area contributed by atoms with Crippen LogP contribution in [0.3, 0.4) is 0 Å². The number of unbranched alkanes of at least 4 members (excludes halogenated alkanes) is 1. The average molecular weight is 285 g/mol. The molecular weight excluding hydrogens is 268 g/mol. The molecule has 0 aliphatic carbocycles. The molecule has 1 rings (SSSR count). The van der Waals surface area contributed by atoms with Gasteiger partial charge in [-0.2, -0.15) is 0 Å². The lowest BCUT2D eigenvalue weighted by Crippen LogP contribution is -2.06. The van der Waals surface area contributed by atoms with E-state index < -0.39 is 0 Å². The molecule has 0 aliphatic heterocycles. The summed E-state index contributed by atoms with van der Waals surface area (Å²) in [4.78, 5) is 11.9. The molecule has 0 saturated carbocycles. The molecule has 0 N–H and O–H groups in total.